The summed E-state index contributed by atoms with van der Waals surface area (Å²) in [6.07, 6.45) is 2.30. The van der Waals surface area contributed by atoms with Gasteiger partial charge in [-0.3, -0.25) is 4.79 Å². The van der Waals surface area contributed by atoms with Gasteiger partial charge in [0.1, 0.15) is 5.75 Å². The number of benzene rings is 3. The number of hydrogen-bond acceptors (Lipinski definition) is 7. The maximum Gasteiger partial charge on any atom is 0.275 e. The molecule has 0 spiro atoms. The second-order valence-corrected chi connectivity index (χ2v) is 7.29. The van der Waals surface area contributed by atoms with E-state index in [1.54, 1.807) is 31.2 Å². The molecule has 0 atom stereocenters. The predicted octanol–water partition coefficient (Wildman–Crippen LogP) is 5.08. The third kappa shape index (κ3) is 5.21. The van der Waals surface area contributed by atoms with Gasteiger partial charge in [0.15, 0.2) is 11.5 Å². The number of carbonyl (C=O) groups excluding carboxylic acids is 1. The third-order valence-electron chi connectivity index (χ3n) is 4.65. The number of nitrogens with zero attached hydrogens (tertiary/aromatic N) is 3. The van der Waals surface area contributed by atoms with Crippen molar-refractivity contribution in [2.45, 2.75) is 6.92 Å². The number of hydrogen-bond donors (Lipinski definition) is 2. The number of hydrazone groups is 1. The van der Waals surface area contributed by atoms with Crippen molar-refractivity contribution in [2.24, 2.45) is 5.10 Å². The lowest BCUT2D eigenvalue weighted by atomic mass is 10.1. The molecule has 0 radical (unpaired) electrons. The zero-order valence-corrected chi connectivity index (χ0v) is 18.6. The first-order valence-corrected chi connectivity index (χ1v) is 10.5. The molecule has 1 heterocycles. The summed E-state index contributed by atoms with van der Waals surface area (Å²) in [7, 11) is 0. The number of halogens is 2. The Balaban J connectivity index is 1.50. The molecule has 1 amide bonds. The molecule has 10 heteroatoms. The summed E-state index contributed by atoms with van der Waals surface area (Å²) in [6, 6.07) is 15.3. The molecule has 1 aromatic heterocycles. The van der Waals surface area contributed by atoms with Crippen LogP contribution in [0.5, 0.6) is 23.1 Å². The minimum Gasteiger partial charge on any atom is -0.507 e. The van der Waals surface area contributed by atoms with E-state index >= 15 is 0 Å². The molecule has 8 nitrogen and oxygen atoms in total. The van der Waals surface area contributed by atoms with E-state index in [9.17, 15) is 14.3 Å². The zero-order valence-electron chi connectivity index (χ0n) is 17.8. The van der Waals surface area contributed by atoms with E-state index in [-0.39, 0.29) is 28.2 Å². The van der Waals surface area contributed by atoms with Crippen molar-refractivity contribution in [3.63, 3.8) is 0 Å². The Morgan fingerprint density at radius 1 is 1.18 bits per heavy atom. The topological polar surface area (TPSA) is 106 Å². The van der Waals surface area contributed by atoms with Crippen molar-refractivity contribution in [3.05, 3.63) is 83.0 Å². The molecule has 4 aromatic rings. The number of carbonyl (C=O) groups is 1. The lowest BCUT2D eigenvalue weighted by molar-refractivity contribution is 0.0952. The molecular formula is C24H18ClFN4O4. The van der Waals surface area contributed by atoms with E-state index < -0.39 is 11.7 Å². The van der Waals surface area contributed by atoms with Crippen LogP contribution in [0.25, 0.3) is 10.8 Å². The van der Waals surface area contributed by atoms with Gasteiger partial charge in [0.05, 0.1) is 24.6 Å². The quantitative estimate of drug-likeness (QED) is 0.217. The highest BCUT2D eigenvalue weighted by Gasteiger charge is 2.14. The average Bonchev–Trinajstić information content (AvgIpc) is 2.82. The van der Waals surface area contributed by atoms with Crippen LogP contribution < -0.4 is 14.9 Å². The molecule has 0 aliphatic carbocycles. The fourth-order valence-electron chi connectivity index (χ4n) is 3.10. The maximum absolute atomic E-state index is 13.9. The highest BCUT2D eigenvalue weighted by molar-refractivity contribution is 6.28. The lowest BCUT2D eigenvalue weighted by Gasteiger charge is -2.12. The van der Waals surface area contributed by atoms with Gasteiger partial charge in [-0.1, -0.05) is 24.3 Å². The summed E-state index contributed by atoms with van der Waals surface area (Å²) in [4.78, 5) is 19.8. The lowest BCUT2D eigenvalue weighted by Crippen LogP contribution is -2.17. The normalized spacial score (nSPS) is 11.0. The average molecular weight is 481 g/mol. The molecule has 0 saturated carbocycles. The number of ether oxygens (including phenoxy) is 2. The van der Waals surface area contributed by atoms with Crippen molar-refractivity contribution in [1.82, 2.24) is 15.4 Å². The molecule has 3 aromatic carbocycles. The van der Waals surface area contributed by atoms with Crippen LogP contribution in [-0.4, -0.2) is 33.8 Å². The molecule has 0 fully saturated rings. The SMILES string of the molecule is CCOc1cc(C=NNC(=O)c2cc3ccccc3cc2O)ccc1Oc1nc(Cl)ncc1F. The number of aromatic nitrogens is 2. The Morgan fingerprint density at radius 3 is 2.71 bits per heavy atom. The number of amides is 1. The molecule has 2 N–H and O–H groups in total. The van der Waals surface area contributed by atoms with Gasteiger partial charge >= 0.3 is 0 Å². The fourth-order valence-corrected chi connectivity index (χ4v) is 3.23. The summed E-state index contributed by atoms with van der Waals surface area (Å²) < 4.78 is 25.0. The van der Waals surface area contributed by atoms with Gasteiger partial charge in [0.2, 0.25) is 11.1 Å². The summed E-state index contributed by atoms with van der Waals surface area (Å²) in [6.45, 7) is 2.10. The van der Waals surface area contributed by atoms with Crippen LogP contribution >= 0.6 is 11.6 Å². The van der Waals surface area contributed by atoms with Crippen molar-refractivity contribution < 1.29 is 23.8 Å². The van der Waals surface area contributed by atoms with Gasteiger partial charge in [-0.15, -0.1) is 0 Å². The van der Waals surface area contributed by atoms with Crippen molar-refractivity contribution in [2.75, 3.05) is 6.61 Å². The van der Waals surface area contributed by atoms with Crippen LogP contribution in [0.4, 0.5) is 4.39 Å². The highest BCUT2D eigenvalue weighted by atomic mass is 35.5. The molecule has 0 aliphatic heterocycles. The second-order valence-electron chi connectivity index (χ2n) is 6.95. The van der Waals surface area contributed by atoms with Crippen LogP contribution in [-0.2, 0) is 0 Å². The van der Waals surface area contributed by atoms with Gasteiger partial charge in [-0.25, -0.2) is 10.4 Å². The smallest absolute Gasteiger partial charge is 0.275 e. The molecule has 172 valence electrons. The van der Waals surface area contributed by atoms with Gasteiger partial charge < -0.3 is 14.6 Å². The minimum absolute atomic E-state index is 0.0974. The first kappa shape index (κ1) is 22.9. The summed E-state index contributed by atoms with van der Waals surface area (Å²) in [5.41, 5.74) is 3.06. The minimum atomic E-state index is -0.780. The van der Waals surface area contributed by atoms with Crippen LogP contribution in [0.1, 0.15) is 22.8 Å². The van der Waals surface area contributed by atoms with Gasteiger partial charge in [-0.2, -0.15) is 14.5 Å². The van der Waals surface area contributed by atoms with Crippen molar-refractivity contribution in [1.29, 1.82) is 0 Å². The van der Waals surface area contributed by atoms with Gasteiger partial charge in [0, 0.05) is 0 Å². The highest BCUT2D eigenvalue weighted by Crippen LogP contribution is 2.33. The number of phenolic OH excluding ortho intramolecular Hbond substituents is 1. The third-order valence-corrected chi connectivity index (χ3v) is 4.83. The van der Waals surface area contributed by atoms with Crippen molar-refractivity contribution >= 4 is 34.5 Å². The van der Waals surface area contributed by atoms with Crippen molar-refractivity contribution in [3.8, 4) is 23.1 Å². The monoisotopic (exact) mass is 480 g/mol. The number of phenols is 1. The largest absolute Gasteiger partial charge is 0.507 e. The standard InChI is InChI=1S/C24H18ClFN4O4/c1-2-33-21-9-14(7-8-20(21)34-23-18(26)13-27-24(25)29-23)12-28-30-22(32)17-10-15-5-3-4-6-16(15)11-19(17)31/h3-13,31H,2H2,1H3,(H,30,32). The molecule has 0 bridgehead atoms. The Morgan fingerprint density at radius 2 is 1.94 bits per heavy atom. The van der Waals surface area contributed by atoms with E-state index in [2.05, 4.69) is 20.5 Å². The number of aromatic hydroxyl groups is 1. The molecular weight excluding hydrogens is 463 g/mol. The number of nitrogens with one attached hydrogen (secondary N) is 1. The Labute approximate surface area is 198 Å². The van der Waals surface area contributed by atoms with Crippen LogP contribution in [0.2, 0.25) is 5.28 Å². The van der Waals surface area contributed by atoms with Gasteiger partial charge in [-0.05, 0) is 65.2 Å². The fraction of sp³-hybridized carbons (Fsp3) is 0.0833. The summed E-state index contributed by atoms with van der Waals surface area (Å²) >= 11 is 5.71. The Hall–Kier alpha value is -4.24. The maximum atomic E-state index is 13.9. The molecule has 34 heavy (non-hydrogen) atoms. The van der Waals surface area contributed by atoms with E-state index in [0.29, 0.717) is 17.9 Å². The molecule has 0 aliphatic rings. The Kier molecular flexibility index (Phi) is 6.84. The Bertz CT molecular complexity index is 1400. The molecule has 0 unspecified atom stereocenters. The van der Waals surface area contributed by atoms with Crippen LogP contribution in [0.3, 0.4) is 0 Å². The van der Waals surface area contributed by atoms with E-state index in [1.165, 1.54) is 12.3 Å². The predicted molar refractivity (Wildman–Crippen MR) is 125 cm³/mol. The van der Waals surface area contributed by atoms with E-state index in [4.69, 9.17) is 21.1 Å². The second kappa shape index (κ2) is 10.1. The molecule has 4 rings (SSSR count). The van der Waals surface area contributed by atoms with E-state index in [1.807, 2.05) is 24.3 Å². The van der Waals surface area contributed by atoms with Crippen LogP contribution in [0.15, 0.2) is 65.9 Å². The summed E-state index contributed by atoms with van der Waals surface area (Å²) in [5, 5.41) is 15.6. The summed E-state index contributed by atoms with van der Waals surface area (Å²) in [5.74, 6) is -1.33. The van der Waals surface area contributed by atoms with Gasteiger partial charge in [0.25, 0.3) is 11.8 Å². The number of rotatable bonds is 7. The zero-order chi connectivity index (χ0) is 24.1. The number of fused-ring (bicyclic) bond motifs is 1. The molecule has 0 saturated heterocycles. The first-order chi connectivity index (χ1) is 16.4. The van der Waals surface area contributed by atoms with Crippen LogP contribution in [0, 0.1) is 5.82 Å². The first-order valence-electron chi connectivity index (χ1n) is 10.1. The van der Waals surface area contributed by atoms with E-state index in [0.717, 1.165) is 17.0 Å².